The lowest BCUT2D eigenvalue weighted by Crippen LogP contribution is -2.12. The van der Waals surface area contributed by atoms with Crippen LogP contribution in [0.25, 0.3) is 0 Å². The first-order valence-electron chi connectivity index (χ1n) is 6.37. The summed E-state index contributed by atoms with van der Waals surface area (Å²) in [5, 5.41) is 3.98. The minimum Gasteiger partial charge on any atom is -0.385 e. The van der Waals surface area contributed by atoms with Crippen LogP contribution in [0.1, 0.15) is 49.5 Å². The Hall–Kier alpha value is -0.980. The predicted molar refractivity (Wildman–Crippen MR) is 64.8 cm³/mol. The van der Waals surface area contributed by atoms with Crippen LogP contribution in [-0.4, -0.2) is 31.0 Å². The van der Waals surface area contributed by atoms with E-state index in [1.807, 2.05) is 0 Å². The molecular weight excluding hydrogens is 234 g/mol. The summed E-state index contributed by atoms with van der Waals surface area (Å²) in [6.45, 7) is 0.692. The number of nitrogens with zero attached hydrogens (tertiary/aromatic N) is 2. The maximum atomic E-state index is 5.99. The van der Waals surface area contributed by atoms with Crippen molar-refractivity contribution in [1.82, 2.24) is 10.1 Å². The molecule has 1 saturated carbocycles. The van der Waals surface area contributed by atoms with Crippen molar-refractivity contribution in [3.05, 3.63) is 11.7 Å². The summed E-state index contributed by atoms with van der Waals surface area (Å²) in [4.78, 5) is 4.35. The number of hydrogen-bond donors (Lipinski definition) is 1. The molecule has 0 amide bonds. The number of ether oxygens (including phenoxy) is 2. The lowest BCUT2D eigenvalue weighted by atomic mass is 10.2. The SMILES string of the molecule is COCCCC(N)c1nc(C(OC)C2CC2)no1. The van der Waals surface area contributed by atoms with Gasteiger partial charge in [-0.3, -0.25) is 0 Å². The normalized spacial score (nSPS) is 18.8. The molecule has 6 nitrogen and oxygen atoms in total. The summed E-state index contributed by atoms with van der Waals surface area (Å²) in [6.07, 6.45) is 3.95. The van der Waals surface area contributed by atoms with Crippen molar-refractivity contribution in [2.45, 2.75) is 37.8 Å². The molecule has 1 heterocycles. The molecule has 1 fully saturated rings. The topological polar surface area (TPSA) is 83.4 Å². The quantitative estimate of drug-likeness (QED) is 0.710. The number of rotatable bonds is 8. The molecule has 2 N–H and O–H groups in total. The van der Waals surface area contributed by atoms with Gasteiger partial charge in [0, 0.05) is 20.8 Å². The summed E-state index contributed by atoms with van der Waals surface area (Å²) in [6, 6.07) is -0.224. The van der Waals surface area contributed by atoms with Crippen molar-refractivity contribution >= 4 is 0 Å². The van der Waals surface area contributed by atoms with Crippen LogP contribution in [0.2, 0.25) is 0 Å². The van der Waals surface area contributed by atoms with E-state index >= 15 is 0 Å². The molecule has 0 aliphatic heterocycles. The van der Waals surface area contributed by atoms with E-state index in [1.54, 1.807) is 14.2 Å². The van der Waals surface area contributed by atoms with Gasteiger partial charge in [0.05, 0.1) is 6.04 Å². The first kappa shape index (κ1) is 13.5. The van der Waals surface area contributed by atoms with Crippen LogP contribution in [0.3, 0.4) is 0 Å². The Kier molecular flexibility index (Phi) is 4.68. The summed E-state index contributed by atoms with van der Waals surface area (Å²) >= 11 is 0. The highest BCUT2D eigenvalue weighted by Gasteiger charge is 2.35. The third-order valence-corrected chi connectivity index (χ3v) is 3.20. The molecule has 1 aromatic heterocycles. The highest BCUT2D eigenvalue weighted by atomic mass is 16.5. The van der Waals surface area contributed by atoms with E-state index in [0.29, 0.717) is 24.2 Å². The molecule has 1 aromatic rings. The highest BCUT2D eigenvalue weighted by molar-refractivity contribution is 5.00. The van der Waals surface area contributed by atoms with E-state index in [2.05, 4.69) is 10.1 Å². The molecule has 0 aromatic carbocycles. The van der Waals surface area contributed by atoms with Gasteiger partial charge < -0.3 is 19.7 Å². The van der Waals surface area contributed by atoms with Crippen LogP contribution in [0.5, 0.6) is 0 Å². The van der Waals surface area contributed by atoms with E-state index in [-0.39, 0.29) is 12.1 Å². The highest BCUT2D eigenvalue weighted by Crippen LogP contribution is 2.42. The van der Waals surface area contributed by atoms with Crippen LogP contribution >= 0.6 is 0 Å². The van der Waals surface area contributed by atoms with Crippen LogP contribution in [0, 0.1) is 5.92 Å². The molecule has 1 aliphatic carbocycles. The van der Waals surface area contributed by atoms with Gasteiger partial charge in [-0.15, -0.1) is 0 Å². The second kappa shape index (κ2) is 6.26. The van der Waals surface area contributed by atoms with Gasteiger partial charge in [0.2, 0.25) is 11.7 Å². The molecule has 0 saturated heterocycles. The van der Waals surface area contributed by atoms with Crippen molar-refractivity contribution in [1.29, 1.82) is 0 Å². The Morgan fingerprint density at radius 1 is 1.44 bits per heavy atom. The lowest BCUT2D eigenvalue weighted by molar-refractivity contribution is 0.0751. The zero-order valence-corrected chi connectivity index (χ0v) is 11.0. The molecule has 2 atom stereocenters. The third kappa shape index (κ3) is 3.28. The van der Waals surface area contributed by atoms with E-state index < -0.39 is 0 Å². The molecule has 0 radical (unpaired) electrons. The van der Waals surface area contributed by atoms with E-state index in [9.17, 15) is 0 Å². The zero-order valence-electron chi connectivity index (χ0n) is 11.0. The fourth-order valence-corrected chi connectivity index (χ4v) is 1.99. The third-order valence-electron chi connectivity index (χ3n) is 3.20. The molecule has 0 spiro atoms. The van der Waals surface area contributed by atoms with Gasteiger partial charge in [0.15, 0.2) is 0 Å². The molecule has 2 rings (SSSR count). The Balaban J connectivity index is 1.91. The monoisotopic (exact) mass is 255 g/mol. The minimum atomic E-state index is -0.224. The standard InChI is InChI=1S/C12H21N3O3/c1-16-7-3-4-9(13)12-14-11(15-18-12)10(17-2)8-5-6-8/h8-10H,3-7,13H2,1-2H3. The van der Waals surface area contributed by atoms with Gasteiger partial charge in [-0.05, 0) is 31.6 Å². The molecule has 18 heavy (non-hydrogen) atoms. The largest absolute Gasteiger partial charge is 0.385 e. The van der Waals surface area contributed by atoms with Crippen molar-refractivity contribution in [3.63, 3.8) is 0 Å². The van der Waals surface area contributed by atoms with E-state index in [1.165, 1.54) is 12.8 Å². The van der Waals surface area contributed by atoms with Crippen LogP contribution in [0.4, 0.5) is 0 Å². The Labute approximate surface area is 107 Å². The number of aromatic nitrogens is 2. The first-order valence-corrected chi connectivity index (χ1v) is 6.37. The van der Waals surface area contributed by atoms with E-state index in [4.69, 9.17) is 19.7 Å². The summed E-state index contributed by atoms with van der Waals surface area (Å²) in [5.41, 5.74) is 5.99. The van der Waals surface area contributed by atoms with Crippen LogP contribution < -0.4 is 5.73 Å². The van der Waals surface area contributed by atoms with Gasteiger partial charge in [0.1, 0.15) is 6.10 Å². The molecule has 0 bridgehead atoms. The Morgan fingerprint density at radius 3 is 2.83 bits per heavy atom. The van der Waals surface area contributed by atoms with Gasteiger partial charge in [-0.2, -0.15) is 4.98 Å². The van der Waals surface area contributed by atoms with Gasteiger partial charge in [-0.25, -0.2) is 0 Å². The second-order valence-electron chi connectivity index (χ2n) is 4.73. The summed E-state index contributed by atoms with van der Waals surface area (Å²) < 4.78 is 15.6. The fourth-order valence-electron chi connectivity index (χ4n) is 1.99. The van der Waals surface area contributed by atoms with Crippen molar-refractivity contribution in [2.24, 2.45) is 11.7 Å². The maximum absolute atomic E-state index is 5.99. The smallest absolute Gasteiger partial charge is 0.243 e. The zero-order chi connectivity index (χ0) is 13.0. The Morgan fingerprint density at radius 2 is 2.22 bits per heavy atom. The number of methoxy groups -OCH3 is 2. The van der Waals surface area contributed by atoms with Gasteiger partial charge in [0.25, 0.3) is 0 Å². The number of hydrogen-bond acceptors (Lipinski definition) is 6. The average molecular weight is 255 g/mol. The second-order valence-corrected chi connectivity index (χ2v) is 4.73. The van der Waals surface area contributed by atoms with Crippen molar-refractivity contribution < 1.29 is 14.0 Å². The van der Waals surface area contributed by atoms with Gasteiger partial charge >= 0.3 is 0 Å². The van der Waals surface area contributed by atoms with Crippen molar-refractivity contribution in [3.8, 4) is 0 Å². The van der Waals surface area contributed by atoms with Crippen LogP contribution in [0.15, 0.2) is 4.52 Å². The first-order chi connectivity index (χ1) is 8.76. The van der Waals surface area contributed by atoms with E-state index in [0.717, 1.165) is 12.8 Å². The molecule has 102 valence electrons. The molecule has 1 aliphatic rings. The minimum absolute atomic E-state index is 0.0475. The lowest BCUT2D eigenvalue weighted by Gasteiger charge is -2.08. The summed E-state index contributed by atoms with van der Waals surface area (Å²) in [7, 11) is 3.35. The molecular formula is C12H21N3O3. The predicted octanol–water partition coefficient (Wildman–Crippen LogP) is 1.59. The summed E-state index contributed by atoms with van der Waals surface area (Å²) in [5.74, 6) is 1.64. The fraction of sp³-hybridized carbons (Fsp3) is 0.833. The van der Waals surface area contributed by atoms with Crippen molar-refractivity contribution in [2.75, 3.05) is 20.8 Å². The average Bonchev–Trinajstić information content (AvgIpc) is 3.07. The van der Waals surface area contributed by atoms with Crippen LogP contribution in [-0.2, 0) is 9.47 Å². The van der Waals surface area contributed by atoms with Gasteiger partial charge in [-0.1, -0.05) is 5.16 Å². The Bertz CT molecular complexity index is 365. The number of nitrogens with two attached hydrogens (primary N) is 1. The maximum Gasteiger partial charge on any atom is 0.243 e. The molecule has 6 heteroatoms. The molecule has 2 unspecified atom stereocenters.